The Morgan fingerprint density at radius 2 is 1.69 bits per heavy atom. The van der Waals surface area contributed by atoms with Gasteiger partial charge in [0.05, 0.1) is 25.2 Å². The van der Waals surface area contributed by atoms with E-state index in [1.807, 2.05) is 48.5 Å². The van der Waals surface area contributed by atoms with E-state index in [1.165, 1.54) is 58.4 Å². The molecule has 8 nitrogen and oxygen atoms in total. The number of ether oxygens (including phenoxy) is 6. The van der Waals surface area contributed by atoms with Gasteiger partial charge in [0.25, 0.3) is 0 Å². The van der Waals surface area contributed by atoms with Gasteiger partial charge in [-0.1, -0.05) is 44.2 Å². The van der Waals surface area contributed by atoms with E-state index in [0.717, 1.165) is 56.7 Å². The third-order valence-corrected chi connectivity index (χ3v) is 9.36. The Bertz CT molecular complexity index is 1400. The highest BCUT2D eigenvalue weighted by molar-refractivity contribution is 6.01. The molecule has 9 heteroatoms. The van der Waals surface area contributed by atoms with Crippen LogP contribution in [0.3, 0.4) is 0 Å². The Morgan fingerprint density at radius 3 is 2.27 bits per heavy atom. The summed E-state index contributed by atoms with van der Waals surface area (Å²) in [5.74, 6) is 2.12. The topological polar surface area (TPSA) is 75.7 Å². The first-order valence-corrected chi connectivity index (χ1v) is 18.5. The number of Topliss-reactive ketones (excluding diaryl/α,β-unsaturated/α-hetero) is 1. The van der Waals surface area contributed by atoms with Gasteiger partial charge in [0.2, 0.25) is 0 Å². The normalized spacial score (nSPS) is 23.1. The first kappa shape index (κ1) is 39.9. The van der Waals surface area contributed by atoms with E-state index in [1.54, 1.807) is 19.9 Å². The van der Waals surface area contributed by atoms with Gasteiger partial charge in [0, 0.05) is 50.4 Å². The molecule has 51 heavy (non-hydrogen) atoms. The number of benzene rings is 2. The summed E-state index contributed by atoms with van der Waals surface area (Å²) in [4.78, 5) is 14.4. The number of carbonyl (C=O) groups is 1. The number of hydrogen-bond donors (Lipinski definition) is 0. The van der Waals surface area contributed by atoms with Crippen molar-refractivity contribution in [2.24, 2.45) is 11.8 Å². The van der Waals surface area contributed by atoms with Crippen molar-refractivity contribution in [1.82, 2.24) is 4.90 Å². The van der Waals surface area contributed by atoms with Gasteiger partial charge >= 0.3 is 0 Å². The number of rotatable bonds is 7. The minimum atomic E-state index is -0.585. The summed E-state index contributed by atoms with van der Waals surface area (Å²) in [7, 11) is 1.44. The highest BCUT2D eigenvalue weighted by Gasteiger charge is 2.34. The standard InChI is InChI=1S/C14H19NO.C12H13FO3.C11H14O2.C5H10O/c1-12-8-9-15(10-12)13(2)11-16-14-6-4-3-5-7-14;1-6-7(2)16-10-5-8(15-3)4-9(13)11(10)12(6)14;1-2-6-10(7-3-1)13-11-8-4-5-9-12-11;1-2-4-6-5-3-1/h4,6-7,12-13H,8-11H2,1-2H3;4-7H,1-3H3;1-3,6-7,11H,4-5,8-9H2;1-5H2. The molecule has 0 amide bonds. The van der Waals surface area contributed by atoms with Crippen molar-refractivity contribution in [2.75, 3.05) is 46.6 Å². The summed E-state index contributed by atoms with van der Waals surface area (Å²) < 4.78 is 46.0. The van der Waals surface area contributed by atoms with Crippen LogP contribution in [0.2, 0.25) is 0 Å². The zero-order chi connectivity index (χ0) is 36.4. The number of para-hydroxylation sites is 1. The fourth-order valence-electron chi connectivity index (χ4n) is 6.01. The molecule has 278 valence electrons. The lowest BCUT2D eigenvalue weighted by Crippen LogP contribution is -2.35. The maximum absolute atomic E-state index is 13.7. The van der Waals surface area contributed by atoms with Gasteiger partial charge in [-0.05, 0) is 89.1 Å². The van der Waals surface area contributed by atoms with Gasteiger partial charge in [0.1, 0.15) is 41.5 Å². The Kier molecular flexibility index (Phi) is 16.8. The third-order valence-electron chi connectivity index (χ3n) is 9.36. The summed E-state index contributed by atoms with van der Waals surface area (Å²) in [6, 6.07) is 24.4. The summed E-state index contributed by atoms with van der Waals surface area (Å²) in [5.41, 5.74) is 0.0337. The molecule has 5 atom stereocenters. The number of halogens is 1. The fraction of sp³-hybridized carbons (Fsp3) is 0.548. The van der Waals surface area contributed by atoms with E-state index in [2.05, 4.69) is 30.9 Å². The Morgan fingerprint density at radius 1 is 0.922 bits per heavy atom. The summed E-state index contributed by atoms with van der Waals surface area (Å²) in [5, 5.41) is 0. The number of hydrogen-bond acceptors (Lipinski definition) is 8. The van der Waals surface area contributed by atoms with Gasteiger partial charge < -0.3 is 28.4 Å². The van der Waals surface area contributed by atoms with Crippen LogP contribution < -0.4 is 18.9 Å². The van der Waals surface area contributed by atoms with Crippen molar-refractivity contribution >= 4 is 5.78 Å². The number of carbonyl (C=O) groups excluding carboxylic acids is 1. The number of fused-ring (bicyclic) bond motifs is 1. The van der Waals surface area contributed by atoms with Gasteiger partial charge in [0.15, 0.2) is 12.1 Å². The lowest BCUT2D eigenvalue weighted by Gasteiger charge is -2.28. The van der Waals surface area contributed by atoms with Crippen molar-refractivity contribution in [2.45, 2.75) is 91.1 Å². The zero-order valence-corrected chi connectivity index (χ0v) is 31.0. The van der Waals surface area contributed by atoms with Gasteiger partial charge in [-0.3, -0.25) is 9.69 Å². The summed E-state index contributed by atoms with van der Waals surface area (Å²) >= 11 is 0. The van der Waals surface area contributed by atoms with Gasteiger partial charge in [-0.2, -0.15) is 0 Å². The number of methoxy groups -OCH3 is 1. The number of likely N-dealkylation sites (tertiary alicyclic amines) is 1. The fourth-order valence-corrected chi connectivity index (χ4v) is 6.01. The number of nitrogens with zero attached hydrogens (tertiary/aromatic N) is 1. The second-order valence-electron chi connectivity index (χ2n) is 13.6. The second kappa shape index (κ2) is 21.5. The van der Waals surface area contributed by atoms with E-state index < -0.39 is 5.82 Å². The molecule has 7 rings (SSSR count). The molecule has 0 radical (unpaired) electrons. The minimum absolute atomic E-state index is 0.0313. The van der Waals surface area contributed by atoms with Crippen molar-refractivity contribution < 1.29 is 37.6 Å². The highest BCUT2D eigenvalue weighted by Crippen LogP contribution is 2.35. The molecular weight excluding hydrogens is 649 g/mol. The first-order valence-electron chi connectivity index (χ1n) is 18.5. The van der Waals surface area contributed by atoms with Crippen molar-refractivity contribution in [3.63, 3.8) is 0 Å². The molecular formula is C42H56FNO7. The van der Waals surface area contributed by atoms with Crippen molar-refractivity contribution in [1.29, 1.82) is 0 Å². The van der Waals surface area contributed by atoms with Crippen LogP contribution in [0.15, 0.2) is 60.7 Å². The molecule has 0 aliphatic carbocycles. The Balaban J connectivity index is 0.000000159. The largest absolute Gasteiger partial charge is 0.497 e. The molecule has 5 unspecified atom stereocenters. The monoisotopic (exact) mass is 705 g/mol. The quantitative estimate of drug-likeness (QED) is 0.242. The van der Waals surface area contributed by atoms with E-state index in [4.69, 9.17) is 28.4 Å². The van der Waals surface area contributed by atoms with Gasteiger partial charge in [-0.25, -0.2) is 4.39 Å². The average Bonchev–Trinajstić information content (AvgIpc) is 3.61. The SMILES string of the molecule is C1CCOCC1.CC1CCN(C(C)COc2cc#ccc2)C1.COc1cc(F)c2c(c1)OC(C)C(C)C2=O.c1ccc(OC2CCCCO2)cc1. The second-order valence-corrected chi connectivity index (χ2v) is 13.6. The van der Waals surface area contributed by atoms with E-state index >= 15 is 0 Å². The Hall–Kier alpha value is -3.84. The molecule has 4 heterocycles. The van der Waals surface area contributed by atoms with Crippen LogP contribution in [0.4, 0.5) is 4.39 Å². The smallest absolute Gasteiger partial charge is 0.199 e. The molecule has 0 N–H and O–H groups in total. The Labute approximate surface area is 304 Å². The highest BCUT2D eigenvalue weighted by atomic mass is 19.1. The molecule has 3 aromatic rings. The molecule has 4 aliphatic rings. The summed E-state index contributed by atoms with van der Waals surface area (Å²) in [6.45, 7) is 14.1. The lowest BCUT2D eigenvalue weighted by molar-refractivity contribution is -0.105. The predicted octanol–water partition coefficient (Wildman–Crippen LogP) is 8.61. The zero-order valence-electron chi connectivity index (χ0n) is 31.0. The van der Waals surface area contributed by atoms with Crippen LogP contribution in [-0.4, -0.2) is 75.7 Å². The van der Waals surface area contributed by atoms with Gasteiger partial charge in [-0.15, -0.1) is 0 Å². The lowest BCUT2D eigenvalue weighted by atomic mass is 9.91. The van der Waals surface area contributed by atoms with Crippen molar-refractivity contribution in [3.8, 4) is 23.0 Å². The molecule has 0 aromatic heterocycles. The summed E-state index contributed by atoms with van der Waals surface area (Å²) in [6.07, 6.45) is 8.35. The van der Waals surface area contributed by atoms with Crippen LogP contribution >= 0.6 is 0 Å². The average molecular weight is 706 g/mol. The van der Waals surface area contributed by atoms with Crippen LogP contribution in [-0.2, 0) is 9.47 Å². The molecule has 0 saturated carbocycles. The molecule has 0 bridgehead atoms. The van der Waals surface area contributed by atoms with E-state index in [0.29, 0.717) is 11.8 Å². The molecule has 3 aromatic carbocycles. The van der Waals surface area contributed by atoms with E-state index in [9.17, 15) is 9.18 Å². The third kappa shape index (κ3) is 13.3. The van der Waals surface area contributed by atoms with Crippen LogP contribution in [0.5, 0.6) is 23.0 Å². The minimum Gasteiger partial charge on any atom is -0.497 e. The molecule has 3 saturated heterocycles. The molecule has 0 spiro atoms. The van der Waals surface area contributed by atoms with E-state index in [-0.39, 0.29) is 35.4 Å². The van der Waals surface area contributed by atoms with Crippen molar-refractivity contribution in [3.05, 3.63) is 84.2 Å². The van der Waals surface area contributed by atoms with Crippen LogP contribution in [0.1, 0.15) is 83.0 Å². The van der Waals surface area contributed by atoms with Crippen LogP contribution in [0.25, 0.3) is 0 Å². The number of ketones is 1. The molecule has 3 fully saturated rings. The maximum atomic E-state index is 13.7. The maximum Gasteiger partial charge on any atom is 0.199 e. The van der Waals surface area contributed by atoms with Crippen LogP contribution in [0, 0.1) is 29.8 Å². The predicted molar refractivity (Wildman–Crippen MR) is 196 cm³/mol. The first-order chi connectivity index (χ1) is 24.7. The molecule has 4 aliphatic heterocycles.